The van der Waals surface area contributed by atoms with Gasteiger partial charge in [0, 0.05) is 34.6 Å². The van der Waals surface area contributed by atoms with Gasteiger partial charge in [0.05, 0.1) is 0 Å². The first-order chi connectivity index (χ1) is 8.88. The zero-order valence-electron chi connectivity index (χ0n) is 14.0. The van der Waals surface area contributed by atoms with Crippen LogP contribution in [0, 0.1) is 0 Å². The van der Waals surface area contributed by atoms with E-state index in [1.165, 1.54) is 0 Å². The molecule has 0 radical (unpaired) electrons. The summed E-state index contributed by atoms with van der Waals surface area (Å²) >= 11 is 0. The van der Waals surface area contributed by atoms with Gasteiger partial charge in [-0.1, -0.05) is 6.58 Å². The van der Waals surface area contributed by atoms with Crippen LogP contribution in [-0.2, 0) is 4.79 Å². The Kier molecular flexibility index (Phi) is 48.4. The molecule has 124 valence electrons. The van der Waals surface area contributed by atoms with Gasteiger partial charge in [0.15, 0.2) is 0 Å². The molecule has 20 heavy (non-hydrogen) atoms. The average molecular weight is 311 g/mol. The fourth-order valence-corrected chi connectivity index (χ4v) is 0. The predicted octanol–water partition coefficient (Wildman–Crippen LogP) is 0.914. The molecule has 0 unspecified atom stereocenters. The molecule has 0 fully saturated rings. The van der Waals surface area contributed by atoms with Crippen molar-refractivity contribution in [3.63, 3.8) is 0 Å². The minimum atomic E-state index is -0.981. The summed E-state index contributed by atoms with van der Waals surface area (Å²) in [5, 5.41) is 31.8. The second-order valence-corrected chi connectivity index (χ2v) is 5.05. The molecule has 0 heterocycles. The smallest absolute Gasteiger partial charge is 0.327 e. The average Bonchev–Trinajstić information content (AvgIpc) is 2.15. The third-order valence-electron chi connectivity index (χ3n) is 0.175. The van der Waals surface area contributed by atoms with E-state index in [4.69, 9.17) is 20.4 Å². The molecule has 0 spiro atoms. The summed E-state index contributed by atoms with van der Waals surface area (Å²) in [5.74, 6) is -0.981. The van der Waals surface area contributed by atoms with Crippen molar-refractivity contribution in [2.24, 2.45) is 0 Å². The fraction of sp³-hybridized carbons (Fsp3) is 0.643. The lowest BCUT2D eigenvalue weighted by Crippen LogP contribution is -1.85. The first-order valence-corrected chi connectivity index (χ1v) is 7.50. The number of aliphatic carboxylic acids is 1. The topological polar surface area (TPSA) is 98.0 Å². The van der Waals surface area contributed by atoms with E-state index in [9.17, 15) is 4.79 Å². The Morgan fingerprint density at radius 1 is 0.900 bits per heavy atom. The standard InChI is InChI=1S/C3H4O2.3C3H8O.C2H6Si/c1-2-3(4)5;3*1-3(2)4;1-2-3/h2H,1H2,(H,4,5);3*3-4H,1-2H3;2H,1H2,3H3. The van der Waals surface area contributed by atoms with E-state index >= 15 is 0 Å². The first-order valence-electron chi connectivity index (χ1n) is 6.35. The molecule has 0 aliphatic heterocycles. The third-order valence-corrected chi connectivity index (χ3v) is 0.175. The van der Waals surface area contributed by atoms with Crippen molar-refractivity contribution in [1.29, 1.82) is 0 Å². The lowest BCUT2D eigenvalue weighted by Gasteiger charge is -1.80. The van der Waals surface area contributed by atoms with E-state index in [1.54, 1.807) is 41.5 Å². The van der Waals surface area contributed by atoms with Crippen LogP contribution in [0.25, 0.3) is 0 Å². The van der Waals surface area contributed by atoms with Gasteiger partial charge in [-0.25, -0.2) is 4.79 Å². The SMILES string of the molecule is C=CC(=O)O.C=C[SiH3].CC(C)O.CC(C)O.CC(C)O. The summed E-state index contributed by atoms with van der Waals surface area (Å²) in [6, 6.07) is 0. The van der Waals surface area contributed by atoms with Gasteiger partial charge in [-0.2, -0.15) is 0 Å². The lowest BCUT2D eigenvalue weighted by atomic mass is 10.5. The molecule has 4 N–H and O–H groups in total. The van der Waals surface area contributed by atoms with E-state index < -0.39 is 5.97 Å². The van der Waals surface area contributed by atoms with Gasteiger partial charge in [0.2, 0.25) is 0 Å². The van der Waals surface area contributed by atoms with Crippen molar-refractivity contribution in [3.8, 4) is 0 Å². The monoisotopic (exact) mass is 310 g/mol. The molecule has 5 nitrogen and oxygen atoms in total. The number of aliphatic hydroxyl groups excluding tert-OH is 3. The van der Waals surface area contributed by atoms with Crippen LogP contribution in [0.5, 0.6) is 0 Å². The van der Waals surface area contributed by atoms with Crippen LogP contribution in [0.3, 0.4) is 0 Å². The molecule has 0 amide bonds. The molecule has 6 heteroatoms. The number of carboxylic acids is 1. The first kappa shape index (κ1) is 31.4. The van der Waals surface area contributed by atoms with E-state index in [-0.39, 0.29) is 18.3 Å². The highest BCUT2D eigenvalue weighted by Gasteiger charge is 1.73. The number of aliphatic hydroxyl groups is 3. The Morgan fingerprint density at radius 3 is 0.950 bits per heavy atom. The zero-order chi connectivity index (χ0) is 17.7. The molecule has 0 bridgehead atoms. The van der Waals surface area contributed by atoms with Crippen molar-refractivity contribution in [1.82, 2.24) is 0 Å². The largest absolute Gasteiger partial charge is 0.478 e. The highest BCUT2D eigenvalue weighted by molar-refractivity contribution is 6.16. The van der Waals surface area contributed by atoms with Gasteiger partial charge in [-0.05, 0) is 41.5 Å². The molecule has 0 aromatic carbocycles. The van der Waals surface area contributed by atoms with E-state index in [0.29, 0.717) is 0 Å². The Morgan fingerprint density at radius 2 is 0.950 bits per heavy atom. The van der Waals surface area contributed by atoms with Gasteiger partial charge in [0.25, 0.3) is 0 Å². The van der Waals surface area contributed by atoms with E-state index in [1.807, 2.05) is 5.70 Å². The van der Waals surface area contributed by atoms with Crippen molar-refractivity contribution in [3.05, 3.63) is 24.9 Å². The quantitative estimate of drug-likeness (QED) is 0.426. The van der Waals surface area contributed by atoms with Crippen LogP contribution in [-0.4, -0.2) is 54.9 Å². The van der Waals surface area contributed by atoms with Crippen molar-refractivity contribution < 1.29 is 25.2 Å². The molecule has 0 saturated heterocycles. The van der Waals surface area contributed by atoms with Gasteiger partial charge in [-0.15, -0.1) is 12.3 Å². The maximum absolute atomic E-state index is 9.25. The predicted molar refractivity (Wildman–Crippen MR) is 90.0 cm³/mol. The van der Waals surface area contributed by atoms with Crippen molar-refractivity contribution >= 4 is 16.2 Å². The van der Waals surface area contributed by atoms with Gasteiger partial charge in [0.1, 0.15) is 0 Å². The Labute approximate surface area is 127 Å². The number of hydrogen-bond donors (Lipinski definition) is 4. The van der Waals surface area contributed by atoms with Crippen LogP contribution < -0.4 is 0 Å². The van der Waals surface area contributed by atoms with Crippen molar-refractivity contribution in [2.45, 2.75) is 59.9 Å². The minimum absolute atomic E-state index is 0.167. The molecule has 0 atom stereocenters. The highest BCUT2D eigenvalue weighted by Crippen LogP contribution is 1.65. The van der Waals surface area contributed by atoms with Crippen LogP contribution in [0.2, 0.25) is 0 Å². The summed E-state index contributed by atoms with van der Waals surface area (Å²) < 4.78 is 0. The molecule has 0 aliphatic carbocycles. The van der Waals surface area contributed by atoms with Crippen molar-refractivity contribution in [2.75, 3.05) is 0 Å². The number of carbonyl (C=O) groups is 1. The maximum atomic E-state index is 9.25. The summed E-state index contributed by atoms with van der Waals surface area (Å²) in [5.41, 5.74) is 1.89. The van der Waals surface area contributed by atoms with E-state index in [2.05, 4.69) is 13.2 Å². The zero-order valence-corrected chi connectivity index (χ0v) is 16.0. The molecule has 0 aromatic heterocycles. The number of rotatable bonds is 1. The molecular weight excluding hydrogens is 276 g/mol. The van der Waals surface area contributed by atoms with E-state index in [0.717, 1.165) is 16.3 Å². The summed E-state index contributed by atoms with van der Waals surface area (Å²) in [6.07, 6.45) is 0.333. The minimum Gasteiger partial charge on any atom is -0.478 e. The molecule has 0 saturated carbocycles. The Balaban J connectivity index is -0.0000000473. The van der Waals surface area contributed by atoms with Gasteiger partial charge in [-0.3, -0.25) is 0 Å². The fourth-order valence-electron chi connectivity index (χ4n) is 0. The highest BCUT2D eigenvalue weighted by atomic mass is 28.1. The number of carboxylic acid groups (broad SMARTS) is 1. The van der Waals surface area contributed by atoms with Crippen LogP contribution in [0.1, 0.15) is 41.5 Å². The summed E-state index contributed by atoms with van der Waals surface area (Å²) in [6.45, 7) is 16.7. The Bertz CT molecular complexity index is 169. The lowest BCUT2D eigenvalue weighted by molar-refractivity contribution is -0.131. The second kappa shape index (κ2) is 30.8. The van der Waals surface area contributed by atoms with Crippen LogP contribution >= 0.6 is 0 Å². The normalized spacial score (nSPS) is 7.80. The number of hydrogen-bond acceptors (Lipinski definition) is 4. The second-order valence-electron chi connectivity index (χ2n) is 4.23. The van der Waals surface area contributed by atoms with Gasteiger partial charge >= 0.3 is 5.97 Å². The molecule has 0 rings (SSSR count). The Hall–Kier alpha value is -0.953. The maximum Gasteiger partial charge on any atom is 0.327 e. The van der Waals surface area contributed by atoms with Crippen LogP contribution in [0.4, 0.5) is 0 Å². The van der Waals surface area contributed by atoms with Crippen LogP contribution in [0.15, 0.2) is 24.9 Å². The molecule has 0 aromatic rings. The molecule has 0 aliphatic rings. The summed E-state index contributed by atoms with van der Waals surface area (Å²) in [4.78, 5) is 9.25. The third kappa shape index (κ3) is 4010. The molecular formula is C14H34O5Si. The summed E-state index contributed by atoms with van der Waals surface area (Å²) in [7, 11) is 1.13. The van der Waals surface area contributed by atoms with Gasteiger partial charge < -0.3 is 20.4 Å².